The normalized spacial score (nSPS) is 10.9. The molecule has 1 aromatic heterocycles. The number of nitrogens with zero attached hydrogens (tertiary/aromatic N) is 2. The van der Waals surface area contributed by atoms with Gasteiger partial charge in [-0.2, -0.15) is 0 Å². The van der Waals surface area contributed by atoms with Crippen LogP contribution < -0.4 is 11.5 Å². The summed E-state index contributed by atoms with van der Waals surface area (Å²) in [7, 11) is 0. The van der Waals surface area contributed by atoms with Crippen molar-refractivity contribution in [2.24, 2.45) is 5.92 Å². The third kappa shape index (κ3) is 3.95. The summed E-state index contributed by atoms with van der Waals surface area (Å²) in [6, 6.07) is 1.57. The average Bonchev–Trinajstić information content (AvgIpc) is 2.18. The first-order valence-electron chi connectivity index (χ1n) is 5.18. The van der Waals surface area contributed by atoms with Gasteiger partial charge in [0.25, 0.3) is 0 Å². The van der Waals surface area contributed by atoms with Gasteiger partial charge in [0.2, 0.25) is 0 Å². The Kier molecular flexibility index (Phi) is 4.68. The highest BCUT2D eigenvalue weighted by Crippen LogP contribution is 2.22. The lowest BCUT2D eigenvalue weighted by atomic mass is 10.1. The van der Waals surface area contributed by atoms with E-state index < -0.39 is 0 Å². The zero-order valence-corrected chi connectivity index (χ0v) is 10.0. The summed E-state index contributed by atoms with van der Waals surface area (Å²) in [5, 5.41) is 0.680. The Bertz CT molecular complexity index is 292. The van der Waals surface area contributed by atoms with Crippen molar-refractivity contribution in [1.82, 2.24) is 9.97 Å². The quantitative estimate of drug-likeness (QED) is 0.594. The predicted octanol–water partition coefficient (Wildman–Crippen LogP) is 2.17. The molecule has 0 aromatic carbocycles. The van der Waals surface area contributed by atoms with Crippen LogP contribution in [0.1, 0.15) is 26.7 Å². The molecule has 0 aliphatic heterocycles. The number of nitrogen functional groups attached to an aromatic ring is 2. The minimum atomic E-state index is 0.439. The molecule has 15 heavy (non-hydrogen) atoms. The van der Waals surface area contributed by atoms with Crippen molar-refractivity contribution in [3.8, 4) is 0 Å². The monoisotopic (exact) mass is 226 g/mol. The van der Waals surface area contributed by atoms with Crippen LogP contribution >= 0.6 is 11.8 Å². The molecule has 0 radical (unpaired) electrons. The van der Waals surface area contributed by atoms with Crippen molar-refractivity contribution < 1.29 is 0 Å². The molecule has 0 aliphatic rings. The number of hydrogen-bond donors (Lipinski definition) is 2. The molecule has 0 saturated carbocycles. The van der Waals surface area contributed by atoms with E-state index in [2.05, 4.69) is 23.8 Å². The topological polar surface area (TPSA) is 77.8 Å². The average molecular weight is 226 g/mol. The standard InChI is InChI=1S/C10H18N4S/c1-3-7(4-2)6-15-10-13-8(11)5-9(12)14-10/h5,7H,3-4,6H2,1-2H3,(H4,11,12,13,14). The van der Waals surface area contributed by atoms with Gasteiger partial charge in [-0.3, -0.25) is 0 Å². The Balaban J connectivity index is 2.57. The van der Waals surface area contributed by atoms with Crippen LogP contribution in [-0.4, -0.2) is 15.7 Å². The van der Waals surface area contributed by atoms with Crippen LogP contribution in [0.3, 0.4) is 0 Å². The fraction of sp³-hybridized carbons (Fsp3) is 0.600. The molecule has 0 amide bonds. The van der Waals surface area contributed by atoms with Crippen LogP contribution in [0.15, 0.2) is 11.2 Å². The van der Waals surface area contributed by atoms with E-state index in [1.165, 1.54) is 12.8 Å². The van der Waals surface area contributed by atoms with Gasteiger partial charge in [-0.15, -0.1) is 0 Å². The summed E-state index contributed by atoms with van der Waals surface area (Å²) in [6.45, 7) is 4.40. The van der Waals surface area contributed by atoms with Crippen molar-refractivity contribution in [1.29, 1.82) is 0 Å². The first-order chi connectivity index (χ1) is 7.15. The number of rotatable bonds is 5. The molecule has 0 fully saturated rings. The fourth-order valence-corrected chi connectivity index (χ4v) is 2.44. The number of aromatic nitrogens is 2. The lowest BCUT2D eigenvalue weighted by Crippen LogP contribution is -2.03. The molecule has 4 nitrogen and oxygen atoms in total. The van der Waals surface area contributed by atoms with Crippen molar-refractivity contribution in [3.05, 3.63) is 6.07 Å². The maximum Gasteiger partial charge on any atom is 0.191 e. The number of anilines is 2. The fourth-order valence-electron chi connectivity index (χ4n) is 1.24. The molecule has 0 spiro atoms. The van der Waals surface area contributed by atoms with E-state index in [0.717, 1.165) is 5.75 Å². The van der Waals surface area contributed by atoms with E-state index in [1.807, 2.05) is 0 Å². The summed E-state index contributed by atoms with van der Waals surface area (Å²) < 4.78 is 0. The molecule has 5 heteroatoms. The Morgan fingerprint density at radius 2 is 1.73 bits per heavy atom. The zero-order chi connectivity index (χ0) is 11.3. The van der Waals surface area contributed by atoms with Crippen LogP contribution in [0.25, 0.3) is 0 Å². The molecule has 1 rings (SSSR count). The van der Waals surface area contributed by atoms with Crippen LogP contribution in [0, 0.1) is 5.92 Å². The molecule has 0 atom stereocenters. The lowest BCUT2D eigenvalue weighted by molar-refractivity contribution is 0.553. The summed E-state index contributed by atoms with van der Waals surface area (Å²) in [5.74, 6) is 2.61. The third-order valence-corrected chi connectivity index (χ3v) is 3.43. The minimum Gasteiger partial charge on any atom is -0.383 e. The number of hydrogen-bond acceptors (Lipinski definition) is 5. The maximum absolute atomic E-state index is 5.59. The van der Waals surface area contributed by atoms with Crippen LogP contribution in [-0.2, 0) is 0 Å². The largest absolute Gasteiger partial charge is 0.383 e. The first kappa shape index (κ1) is 12.1. The van der Waals surface area contributed by atoms with E-state index in [0.29, 0.717) is 22.7 Å². The summed E-state index contributed by atoms with van der Waals surface area (Å²) in [6.07, 6.45) is 2.36. The van der Waals surface area contributed by atoms with Crippen molar-refractivity contribution in [2.75, 3.05) is 17.2 Å². The van der Waals surface area contributed by atoms with Gasteiger partial charge in [0.15, 0.2) is 5.16 Å². The molecule has 0 saturated heterocycles. The second kappa shape index (κ2) is 5.80. The molecule has 0 aliphatic carbocycles. The third-order valence-electron chi connectivity index (χ3n) is 2.35. The Hall–Kier alpha value is -0.970. The van der Waals surface area contributed by atoms with Gasteiger partial charge in [0.05, 0.1) is 0 Å². The zero-order valence-electron chi connectivity index (χ0n) is 9.23. The molecule has 84 valence electrons. The van der Waals surface area contributed by atoms with E-state index in [-0.39, 0.29) is 0 Å². The SMILES string of the molecule is CCC(CC)CSc1nc(N)cc(N)n1. The van der Waals surface area contributed by atoms with Gasteiger partial charge in [-0.25, -0.2) is 9.97 Å². The summed E-state index contributed by atoms with van der Waals surface area (Å²) >= 11 is 1.62. The number of nitrogens with two attached hydrogens (primary N) is 2. The van der Waals surface area contributed by atoms with Crippen LogP contribution in [0.5, 0.6) is 0 Å². The summed E-state index contributed by atoms with van der Waals surface area (Å²) in [4.78, 5) is 8.25. The van der Waals surface area contributed by atoms with Crippen molar-refractivity contribution >= 4 is 23.4 Å². The van der Waals surface area contributed by atoms with Crippen molar-refractivity contribution in [3.63, 3.8) is 0 Å². The van der Waals surface area contributed by atoms with Crippen LogP contribution in [0.2, 0.25) is 0 Å². The van der Waals surface area contributed by atoms with Gasteiger partial charge >= 0.3 is 0 Å². The van der Waals surface area contributed by atoms with Gasteiger partial charge in [0, 0.05) is 11.8 Å². The van der Waals surface area contributed by atoms with Gasteiger partial charge < -0.3 is 11.5 Å². The molecular formula is C10H18N4S. The predicted molar refractivity (Wildman–Crippen MR) is 65.7 cm³/mol. The molecule has 1 aromatic rings. The molecule has 1 heterocycles. The smallest absolute Gasteiger partial charge is 0.191 e. The van der Waals surface area contributed by atoms with E-state index in [1.54, 1.807) is 17.8 Å². The van der Waals surface area contributed by atoms with E-state index in [4.69, 9.17) is 11.5 Å². The van der Waals surface area contributed by atoms with Crippen molar-refractivity contribution in [2.45, 2.75) is 31.8 Å². The van der Waals surface area contributed by atoms with Gasteiger partial charge in [-0.05, 0) is 5.92 Å². The van der Waals surface area contributed by atoms with Gasteiger partial charge in [-0.1, -0.05) is 38.5 Å². The molecule has 0 bridgehead atoms. The second-order valence-electron chi connectivity index (χ2n) is 3.49. The van der Waals surface area contributed by atoms with Crippen LogP contribution in [0.4, 0.5) is 11.6 Å². The maximum atomic E-state index is 5.59. The van der Waals surface area contributed by atoms with Gasteiger partial charge in [0.1, 0.15) is 11.6 Å². The highest BCUT2D eigenvalue weighted by molar-refractivity contribution is 7.99. The molecular weight excluding hydrogens is 208 g/mol. The number of thioether (sulfide) groups is 1. The molecule has 4 N–H and O–H groups in total. The van der Waals surface area contributed by atoms with E-state index >= 15 is 0 Å². The summed E-state index contributed by atoms with van der Waals surface area (Å²) in [5.41, 5.74) is 11.2. The highest BCUT2D eigenvalue weighted by atomic mass is 32.2. The Morgan fingerprint density at radius 3 is 2.20 bits per heavy atom. The first-order valence-corrected chi connectivity index (χ1v) is 6.17. The van der Waals surface area contributed by atoms with E-state index in [9.17, 15) is 0 Å². The second-order valence-corrected chi connectivity index (χ2v) is 4.48. The Morgan fingerprint density at radius 1 is 1.20 bits per heavy atom. The highest BCUT2D eigenvalue weighted by Gasteiger charge is 2.07. The lowest BCUT2D eigenvalue weighted by Gasteiger charge is -2.10. The Labute approximate surface area is 94.9 Å². The molecule has 0 unspecified atom stereocenters. The minimum absolute atomic E-state index is 0.439.